The molecular weight excluding hydrogens is 520 g/mol. The molecule has 42 heavy (non-hydrogen) atoms. The summed E-state index contributed by atoms with van der Waals surface area (Å²) in [6.07, 6.45) is 16.7. The lowest BCUT2D eigenvalue weighted by atomic mass is 10.1. The van der Waals surface area contributed by atoms with E-state index in [0.29, 0.717) is 13.0 Å². The van der Waals surface area contributed by atoms with Crippen molar-refractivity contribution in [2.24, 2.45) is 0 Å². The van der Waals surface area contributed by atoms with Crippen LogP contribution in [0, 0.1) is 0 Å². The Bertz CT molecular complexity index is 1840. The van der Waals surface area contributed by atoms with Gasteiger partial charge in [-0.1, -0.05) is 48.6 Å². The largest absolute Gasteiger partial charge is 0.496 e. The smallest absolute Gasteiger partial charge is 0.130 e. The molecule has 0 spiro atoms. The fourth-order valence-corrected chi connectivity index (χ4v) is 4.92. The van der Waals surface area contributed by atoms with Gasteiger partial charge < -0.3 is 14.5 Å². The molecule has 208 valence electrons. The molecule has 0 bridgehead atoms. The molecule has 6 nitrogen and oxygen atoms in total. The van der Waals surface area contributed by atoms with Gasteiger partial charge in [0.2, 0.25) is 0 Å². The van der Waals surface area contributed by atoms with Crippen LogP contribution in [-0.4, -0.2) is 26.9 Å². The van der Waals surface area contributed by atoms with Crippen molar-refractivity contribution in [2.75, 3.05) is 7.11 Å². The lowest BCUT2D eigenvalue weighted by molar-refractivity contribution is 0.188. The van der Waals surface area contributed by atoms with Gasteiger partial charge in [-0.05, 0) is 84.1 Å². The number of rotatable bonds is 9. The number of benzene rings is 2. The molecule has 6 heteroatoms. The zero-order valence-corrected chi connectivity index (χ0v) is 23.7. The van der Waals surface area contributed by atoms with Crippen LogP contribution in [0.25, 0.3) is 34.3 Å². The summed E-state index contributed by atoms with van der Waals surface area (Å²) in [6.45, 7) is 2.54. The molecule has 0 amide bonds. The Balaban J connectivity index is 1.29. The molecule has 0 fully saturated rings. The second-order valence-electron chi connectivity index (χ2n) is 10.0. The van der Waals surface area contributed by atoms with Crippen molar-refractivity contribution >= 4 is 28.6 Å². The van der Waals surface area contributed by atoms with Gasteiger partial charge in [-0.2, -0.15) is 5.10 Å². The number of allylic oxidation sites excluding steroid dienone is 6. The van der Waals surface area contributed by atoms with Gasteiger partial charge in [-0.15, -0.1) is 0 Å². The van der Waals surface area contributed by atoms with Crippen LogP contribution in [0.15, 0.2) is 133 Å². The number of fused-ring (bicyclic) bond motifs is 1. The van der Waals surface area contributed by atoms with Crippen molar-refractivity contribution in [1.29, 1.82) is 0 Å². The van der Waals surface area contributed by atoms with Crippen molar-refractivity contribution in [3.05, 3.63) is 155 Å². The van der Waals surface area contributed by atoms with Gasteiger partial charge in [-0.3, -0.25) is 4.98 Å². The summed E-state index contributed by atoms with van der Waals surface area (Å²) in [4.78, 5) is 7.64. The molecule has 0 saturated carbocycles. The molecule has 3 heterocycles. The number of hydrogen-bond acceptors (Lipinski definition) is 4. The van der Waals surface area contributed by atoms with E-state index in [0.717, 1.165) is 56.5 Å². The van der Waals surface area contributed by atoms with Crippen LogP contribution < -0.4 is 0 Å². The van der Waals surface area contributed by atoms with Gasteiger partial charge in [0.25, 0.3) is 0 Å². The molecule has 1 aliphatic rings. The summed E-state index contributed by atoms with van der Waals surface area (Å²) in [5.41, 5.74) is 8.06. The van der Waals surface area contributed by atoms with E-state index in [-0.39, 0.29) is 0 Å². The van der Waals surface area contributed by atoms with E-state index in [1.807, 2.05) is 65.5 Å². The zero-order chi connectivity index (χ0) is 28.7. The van der Waals surface area contributed by atoms with Gasteiger partial charge in [-0.25, -0.2) is 4.68 Å². The van der Waals surface area contributed by atoms with E-state index in [1.54, 1.807) is 13.3 Å². The minimum Gasteiger partial charge on any atom is -0.496 e. The normalized spacial score (nSPS) is 14.0. The standard InChI is InChI=1S/C36H32N4O2/c1-26(21-27-14-15-28-18-20-38-34(28)22-27)35-23-30(39-40(35)32-11-4-3-5-12-32)17-16-29-9-8-13-33(24-36(29)41-2)42-25-31-10-6-7-19-37-31/h3-12,14-24,38H,13,25H2,1-2H3/b17-16+,26-21-. The van der Waals surface area contributed by atoms with Gasteiger partial charge in [0.15, 0.2) is 0 Å². The second kappa shape index (κ2) is 12.4. The molecule has 0 aliphatic heterocycles. The molecule has 0 atom stereocenters. The van der Waals surface area contributed by atoms with Crippen molar-refractivity contribution in [3.8, 4) is 5.69 Å². The summed E-state index contributed by atoms with van der Waals surface area (Å²) in [5, 5.41) is 6.17. The quantitative estimate of drug-likeness (QED) is 0.200. The van der Waals surface area contributed by atoms with E-state index in [4.69, 9.17) is 14.6 Å². The third-order valence-corrected chi connectivity index (χ3v) is 7.07. The summed E-state index contributed by atoms with van der Waals surface area (Å²) < 4.78 is 13.8. The first-order chi connectivity index (χ1) is 20.7. The maximum Gasteiger partial charge on any atom is 0.130 e. The first kappa shape index (κ1) is 26.8. The fourth-order valence-electron chi connectivity index (χ4n) is 4.92. The van der Waals surface area contributed by atoms with Gasteiger partial charge >= 0.3 is 0 Å². The minimum atomic E-state index is 0.411. The molecule has 3 aromatic heterocycles. The van der Waals surface area contributed by atoms with Gasteiger partial charge in [0.1, 0.15) is 18.1 Å². The lowest BCUT2D eigenvalue weighted by Gasteiger charge is -2.09. The van der Waals surface area contributed by atoms with Crippen molar-refractivity contribution < 1.29 is 9.47 Å². The highest BCUT2D eigenvalue weighted by Crippen LogP contribution is 2.26. The fraction of sp³-hybridized carbons (Fsp3) is 0.111. The molecule has 1 N–H and O–H groups in total. The Morgan fingerprint density at radius 2 is 1.88 bits per heavy atom. The average Bonchev–Trinajstić information content (AvgIpc) is 3.63. The molecule has 2 aromatic carbocycles. The Labute approximate surface area is 245 Å². The monoisotopic (exact) mass is 552 g/mol. The molecule has 5 aromatic rings. The third kappa shape index (κ3) is 6.18. The van der Waals surface area contributed by atoms with E-state index in [1.165, 1.54) is 5.39 Å². The molecule has 0 unspecified atom stereocenters. The summed E-state index contributed by atoms with van der Waals surface area (Å²) >= 11 is 0. The Kier molecular flexibility index (Phi) is 7.95. The van der Waals surface area contributed by atoms with Crippen LogP contribution in [0.2, 0.25) is 0 Å². The van der Waals surface area contributed by atoms with Crippen LogP contribution in [0.5, 0.6) is 0 Å². The minimum absolute atomic E-state index is 0.411. The number of aromatic amines is 1. The lowest BCUT2D eigenvalue weighted by Crippen LogP contribution is -2.00. The number of nitrogens with one attached hydrogen (secondary N) is 1. The molecular formula is C36H32N4O2. The predicted octanol–water partition coefficient (Wildman–Crippen LogP) is 8.28. The first-order valence-electron chi connectivity index (χ1n) is 13.9. The van der Waals surface area contributed by atoms with Gasteiger partial charge in [0, 0.05) is 36.0 Å². The van der Waals surface area contributed by atoms with E-state index >= 15 is 0 Å². The number of aromatic nitrogens is 4. The van der Waals surface area contributed by atoms with E-state index in [9.17, 15) is 0 Å². The van der Waals surface area contributed by atoms with Crippen LogP contribution in [0.4, 0.5) is 0 Å². The predicted molar refractivity (Wildman–Crippen MR) is 169 cm³/mol. The van der Waals surface area contributed by atoms with Crippen LogP contribution >= 0.6 is 0 Å². The number of ether oxygens (including phenoxy) is 2. The number of H-pyrrole nitrogens is 1. The van der Waals surface area contributed by atoms with Crippen molar-refractivity contribution in [1.82, 2.24) is 19.7 Å². The molecule has 1 aliphatic carbocycles. The van der Waals surface area contributed by atoms with E-state index in [2.05, 4.69) is 77.6 Å². The van der Waals surface area contributed by atoms with Crippen molar-refractivity contribution in [3.63, 3.8) is 0 Å². The average molecular weight is 553 g/mol. The Hall–Kier alpha value is -5.36. The highest BCUT2D eigenvalue weighted by atomic mass is 16.5. The number of pyridine rings is 1. The molecule has 0 saturated heterocycles. The highest BCUT2D eigenvalue weighted by molar-refractivity contribution is 5.86. The second-order valence-corrected chi connectivity index (χ2v) is 10.0. The Morgan fingerprint density at radius 3 is 2.71 bits per heavy atom. The van der Waals surface area contributed by atoms with Crippen LogP contribution in [0.3, 0.4) is 0 Å². The number of methoxy groups -OCH3 is 1. The summed E-state index contributed by atoms with van der Waals surface area (Å²) in [6, 6.07) is 26.7. The SMILES string of the molecule is COC1=C(/C=C/c2cc(/C(C)=C\c3ccc4cc[nH]c4c3)n(-c3ccccc3)n2)C=CCC(OCc2ccccn2)=C1. The van der Waals surface area contributed by atoms with Crippen LogP contribution in [-0.2, 0) is 16.1 Å². The third-order valence-electron chi connectivity index (χ3n) is 7.07. The molecule has 6 rings (SSSR count). The summed E-state index contributed by atoms with van der Waals surface area (Å²) in [7, 11) is 1.68. The van der Waals surface area contributed by atoms with Crippen LogP contribution in [0.1, 0.15) is 36.0 Å². The number of hydrogen-bond donors (Lipinski definition) is 1. The first-order valence-corrected chi connectivity index (χ1v) is 13.9. The number of para-hydroxylation sites is 1. The zero-order valence-electron chi connectivity index (χ0n) is 23.7. The Morgan fingerprint density at radius 1 is 1.00 bits per heavy atom. The highest BCUT2D eigenvalue weighted by Gasteiger charge is 2.12. The van der Waals surface area contributed by atoms with E-state index < -0.39 is 0 Å². The maximum atomic E-state index is 6.04. The van der Waals surface area contributed by atoms with Gasteiger partial charge in [0.05, 0.1) is 29.9 Å². The van der Waals surface area contributed by atoms with Crippen molar-refractivity contribution in [2.45, 2.75) is 20.0 Å². The maximum absolute atomic E-state index is 6.04. The number of nitrogens with zero attached hydrogens (tertiary/aromatic N) is 3. The summed E-state index contributed by atoms with van der Waals surface area (Å²) in [5.74, 6) is 1.56. The topological polar surface area (TPSA) is 65.0 Å². The molecule has 0 radical (unpaired) electrons.